The van der Waals surface area contributed by atoms with Crippen LogP contribution in [0.15, 0.2) is 36.4 Å². The summed E-state index contributed by atoms with van der Waals surface area (Å²) >= 11 is 6.24. The second kappa shape index (κ2) is 7.84. The maximum atomic E-state index is 15.3. The topological polar surface area (TPSA) is 90.7 Å². The third-order valence-corrected chi connectivity index (χ3v) is 6.06. The monoisotopic (exact) mass is 510 g/mol. The van der Waals surface area contributed by atoms with Gasteiger partial charge in [0.2, 0.25) is 12.7 Å². The van der Waals surface area contributed by atoms with Crippen LogP contribution in [-0.2, 0) is 6.18 Å². The zero-order chi connectivity index (χ0) is 25.2. The van der Waals surface area contributed by atoms with E-state index in [1.807, 2.05) is 0 Å². The molecule has 6 nitrogen and oxygen atoms in total. The molecule has 2 amide bonds. The van der Waals surface area contributed by atoms with E-state index in [4.69, 9.17) is 26.8 Å². The van der Waals surface area contributed by atoms with Crippen molar-refractivity contribution in [2.24, 2.45) is 5.73 Å². The molecule has 0 fully saturated rings. The van der Waals surface area contributed by atoms with Crippen LogP contribution in [-0.4, -0.2) is 18.6 Å². The summed E-state index contributed by atoms with van der Waals surface area (Å²) in [5.74, 6) is -4.15. The molecule has 1 atom stereocenters. The number of carbonyl (C=O) groups excluding carboxylic acids is 2. The van der Waals surface area contributed by atoms with Crippen LogP contribution in [0.2, 0.25) is 5.02 Å². The first-order valence-electron chi connectivity index (χ1n) is 9.90. The molecule has 0 aromatic heterocycles. The fourth-order valence-corrected chi connectivity index (χ4v) is 4.50. The first kappa shape index (κ1) is 22.9. The number of nitrogens with two attached hydrogens (primary N) is 1. The Hall–Kier alpha value is -3.86. The van der Waals surface area contributed by atoms with Gasteiger partial charge >= 0.3 is 6.18 Å². The molecule has 2 aliphatic rings. The fourth-order valence-electron chi connectivity index (χ4n) is 4.27. The Kier molecular flexibility index (Phi) is 5.13. The fraction of sp³-hybridized carbons (Fsp3) is 0.130. The quantitative estimate of drug-likeness (QED) is 0.487. The van der Waals surface area contributed by atoms with E-state index in [0.29, 0.717) is 6.07 Å². The summed E-state index contributed by atoms with van der Waals surface area (Å²) in [5, 5.41) is 2.66. The van der Waals surface area contributed by atoms with E-state index in [0.717, 1.165) is 12.1 Å². The lowest BCUT2D eigenvalue weighted by Crippen LogP contribution is -2.21. The molecule has 1 unspecified atom stereocenters. The number of hydrogen-bond donors (Lipinski definition) is 2. The summed E-state index contributed by atoms with van der Waals surface area (Å²) in [7, 11) is 0. The molecule has 0 bridgehead atoms. The molecule has 0 radical (unpaired) electrons. The third-order valence-electron chi connectivity index (χ3n) is 5.72. The molecule has 3 N–H and O–H groups in total. The number of carbonyl (C=O) groups is 2. The highest BCUT2D eigenvalue weighted by molar-refractivity contribution is 6.31. The Bertz CT molecular complexity index is 1440. The minimum atomic E-state index is -4.96. The van der Waals surface area contributed by atoms with Gasteiger partial charge in [-0.1, -0.05) is 11.6 Å². The second-order valence-corrected chi connectivity index (χ2v) is 8.17. The van der Waals surface area contributed by atoms with Crippen molar-refractivity contribution in [2.45, 2.75) is 12.2 Å². The van der Waals surface area contributed by atoms with Crippen molar-refractivity contribution in [3.63, 3.8) is 0 Å². The van der Waals surface area contributed by atoms with Gasteiger partial charge in [-0.2, -0.15) is 13.2 Å². The second-order valence-electron chi connectivity index (χ2n) is 7.76. The van der Waals surface area contributed by atoms with E-state index < -0.39 is 52.4 Å². The van der Waals surface area contributed by atoms with E-state index >= 15 is 4.39 Å². The minimum Gasteiger partial charge on any atom is -0.454 e. The van der Waals surface area contributed by atoms with E-state index in [1.54, 1.807) is 0 Å². The van der Waals surface area contributed by atoms with Crippen molar-refractivity contribution < 1.29 is 41.0 Å². The van der Waals surface area contributed by atoms with Crippen LogP contribution in [0.3, 0.4) is 0 Å². The Morgan fingerprint density at radius 1 is 1.09 bits per heavy atom. The van der Waals surface area contributed by atoms with Gasteiger partial charge in [0.25, 0.3) is 5.91 Å². The van der Waals surface area contributed by atoms with Crippen LogP contribution in [0.5, 0.6) is 11.5 Å². The van der Waals surface area contributed by atoms with Crippen LogP contribution < -0.4 is 20.5 Å². The largest absolute Gasteiger partial charge is 0.454 e. The SMILES string of the molecule is NC(=O)c1cc(C(F)(F)F)cc(F)c1-c1cc2c(c3c1C(c1cc(F)ccc1Cl)NC3=O)OCO2. The summed E-state index contributed by atoms with van der Waals surface area (Å²) < 4.78 is 80.0. The molecule has 3 aromatic carbocycles. The zero-order valence-corrected chi connectivity index (χ0v) is 18.0. The highest BCUT2D eigenvalue weighted by Crippen LogP contribution is 2.51. The summed E-state index contributed by atoms with van der Waals surface area (Å²) in [5.41, 5.74) is 2.34. The van der Waals surface area contributed by atoms with Crippen LogP contribution in [0.25, 0.3) is 11.1 Å². The van der Waals surface area contributed by atoms with Gasteiger partial charge in [0.05, 0.1) is 22.7 Å². The smallest absolute Gasteiger partial charge is 0.416 e. The molecule has 0 saturated carbocycles. The standard InChI is InChI=1S/C23H12ClF5N2O4/c24-13-2-1-9(25)5-10(13)19-17-11(6-15-20(35-7-34-15)18(17)22(33)31-19)16-12(21(30)32)3-8(4-14(16)26)23(27,28)29/h1-6,19H,7H2,(H2,30,32)(H,31,33). The molecule has 2 heterocycles. The Balaban J connectivity index is 1.86. The number of fused-ring (bicyclic) bond motifs is 3. The number of alkyl halides is 3. The average Bonchev–Trinajstić information content (AvgIpc) is 3.38. The van der Waals surface area contributed by atoms with Crippen molar-refractivity contribution in [3.05, 3.63) is 80.9 Å². The molecule has 12 heteroatoms. The van der Waals surface area contributed by atoms with Crippen molar-refractivity contribution in [1.29, 1.82) is 0 Å². The van der Waals surface area contributed by atoms with Crippen LogP contribution in [0.4, 0.5) is 22.0 Å². The van der Waals surface area contributed by atoms with E-state index in [2.05, 4.69) is 5.32 Å². The molecule has 180 valence electrons. The van der Waals surface area contributed by atoms with Crippen molar-refractivity contribution in [1.82, 2.24) is 5.32 Å². The number of rotatable bonds is 3. The number of amides is 2. The summed E-state index contributed by atoms with van der Waals surface area (Å²) in [6, 6.07) is 4.09. The number of ether oxygens (including phenoxy) is 2. The molecule has 0 saturated heterocycles. The number of hydrogen-bond acceptors (Lipinski definition) is 4. The molecule has 35 heavy (non-hydrogen) atoms. The third kappa shape index (κ3) is 3.63. The predicted molar refractivity (Wildman–Crippen MR) is 112 cm³/mol. The first-order valence-corrected chi connectivity index (χ1v) is 10.3. The van der Waals surface area contributed by atoms with Crippen molar-refractivity contribution >= 4 is 23.4 Å². The Morgan fingerprint density at radius 2 is 1.83 bits per heavy atom. The van der Waals surface area contributed by atoms with Gasteiger partial charge in [-0.25, -0.2) is 8.78 Å². The minimum absolute atomic E-state index is 0.00391. The normalized spacial score (nSPS) is 16.3. The Morgan fingerprint density at radius 3 is 2.51 bits per heavy atom. The number of primary amides is 1. The summed E-state index contributed by atoms with van der Waals surface area (Å²) in [6.07, 6.45) is -4.96. The number of halogens is 6. The Labute approximate surface area is 198 Å². The predicted octanol–water partition coefficient (Wildman–Crippen LogP) is 4.96. The highest BCUT2D eigenvalue weighted by atomic mass is 35.5. The van der Waals surface area contributed by atoms with Gasteiger partial charge in [-0.3, -0.25) is 9.59 Å². The van der Waals surface area contributed by atoms with Gasteiger partial charge in [0.1, 0.15) is 11.6 Å². The van der Waals surface area contributed by atoms with Gasteiger partial charge in [0, 0.05) is 21.7 Å². The van der Waals surface area contributed by atoms with E-state index in [9.17, 15) is 27.2 Å². The van der Waals surface area contributed by atoms with Crippen LogP contribution in [0, 0.1) is 11.6 Å². The molecular formula is C23H12ClF5N2O4. The highest BCUT2D eigenvalue weighted by Gasteiger charge is 2.41. The maximum Gasteiger partial charge on any atom is 0.416 e. The molecule has 3 aromatic rings. The average molecular weight is 511 g/mol. The van der Waals surface area contributed by atoms with Crippen LogP contribution in [0.1, 0.15) is 43.4 Å². The first-order chi connectivity index (χ1) is 16.5. The van der Waals surface area contributed by atoms with Crippen molar-refractivity contribution in [3.8, 4) is 22.6 Å². The van der Waals surface area contributed by atoms with E-state index in [1.165, 1.54) is 12.1 Å². The molecule has 0 spiro atoms. The summed E-state index contributed by atoms with van der Waals surface area (Å²) in [6.45, 7) is -0.290. The molecular weight excluding hydrogens is 499 g/mol. The lowest BCUT2D eigenvalue weighted by Gasteiger charge is -2.20. The zero-order valence-electron chi connectivity index (χ0n) is 17.2. The number of nitrogens with one attached hydrogen (secondary N) is 1. The van der Waals surface area contributed by atoms with Gasteiger partial charge in [-0.15, -0.1) is 0 Å². The lowest BCUT2D eigenvalue weighted by molar-refractivity contribution is -0.137. The molecule has 5 rings (SSSR count). The van der Waals surface area contributed by atoms with Crippen molar-refractivity contribution in [2.75, 3.05) is 6.79 Å². The van der Waals surface area contributed by atoms with Gasteiger partial charge in [0.15, 0.2) is 11.5 Å². The summed E-state index contributed by atoms with van der Waals surface area (Å²) in [4.78, 5) is 25.1. The van der Waals surface area contributed by atoms with Gasteiger partial charge < -0.3 is 20.5 Å². The van der Waals surface area contributed by atoms with Crippen LogP contribution >= 0.6 is 11.6 Å². The van der Waals surface area contributed by atoms with E-state index in [-0.39, 0.29) is 51.6 Å². The number of benzene rings is 3. The molecule has 0 aliphatic carbocycles. The lowest BCUT2D eigenvalue weighted by atomic mass is 9.86. The maximum absolute atomic E-state index is 15.3. The molecule has 2 aliphatic heterocycles. The van der Waals surface area contributed by atoms with Gasteiger partial charge in [-0.05, 0) is 42.0 Å².